The molecule has 1 N–H and O–H groups in total. The number of benzene rings is 1. The van der Waals surface area contributed by atoms with Gasteiger partial charge in [0, 0.05) is 34.6 Å². The number of aromatic amines is 1. The number of aromatic nitrogens is 3. The van der Waals surface area contributed by atoms with Gasteiger partial charge in [-0.3, -0.25) is 9.78 Å². The monoisotopic (exact) mass is 283 g/mol. The zero-order chi connectivity index (χ0) is 13.9. The van der Waals surface area contributed by atoms with Crippen LogP contribution in [0.4, 0.5) is 0 Å². The standard InChI is InChI=1S/C15H10ClN3O/c16-12-3-1-11(2-4-12)15-13(9-14(20)18-19-15)10-5-7-17-8-6-10/h1-9H,(H,18,20). The molecular formula is C15H10ClN3O. The van der Waals surface area contributed by atoms with Crippen molar-refractivity contribution < 1.29 is 0 Å². The Bertz CT molecular complexity index is 782. The number of halogens is 1. The van der Waals surface area contributed by atoms with Crippen LogP contribution in [-0.2, 0) is 0 Å². The van der Waals surface area contributed by atoms with Crippen LogP contribution < -0.4 is 5.56 Å². The fraction of sp³-hybridized carbons (Fsp3) is 0. The van der Waals surface area contributed by atoms with Gasteiger partial charge in [0.25, 0.3) is 5.56 Å². The number of nitrogens with zero attached hydrogens (tertiary/aromatic N) is 2. The molecule has 3 aromatic rings. The maximum Gasteiger partial charge on any atom is 0.264 e. The van der Waals surface area contributed by atoms with Gasteiger partial charge in [0.1, 0.15) is 0 Å². The third kappa shape index (κ3) is 2.46. The molecule has 3 rings (SSSR count). The lowest BCUT2D eigenvalue weighted by molar-refractivity contribution is 0.997. The Morgan fingerprint density at radius 1 is 0.950 bits per heavy atom. The van der Waals surface area contributed by atoms with Crippen LogP contribution in [0.5, 0.6) is 0 Å². The molecule has 1 aromatic carbocycles. The summed E-state index contributed by atoms with van der Waals surface area (Å²) in [6.07, 6.45) is 3.37. The van der Waals surface area contributed by atoms with E-state index < -0.39 is 0 Å². The van der Waals surface area contributed by atoms with Crippen molar-refractivity contribution in [1.82, 2.24) is 15.2 Å². The lowest BCUT2D eigenvalue weighted by Gasteiger charge is -2.08. The lowest BCUT2D eigenvalue weighted by atomic mass is 10.0. The highest BCUT2D eigenvalue weighted by Crippen LogP contribution is 2.28. The molecule has 0 radical (unpaired) electrons. The van der Waals surface area contributed by atoms with E-state index in [1.54, 1.807) is 24.5 Å². The highest BCUT2D eigenvalue weighted by molar-refractivity contribution is 6.30. The van der Waals surface area contributed by atoms with Crippen LogP contribution in [0.3, 0.4) is 0 Å². The number of rotatable bonds is 2. The zero-order valence-corrected chi connectivity index (χ0v) is 11.1. The van der Waals surface area contributed by atoms with Gasteiger partial charge in [-0.2, -0.15) is 5.10 Å². The minimum Gasteiger partial charge on any atom is -0.268 e. The van der Waals surface area contributed by atoms with Crippen LogP contribution in [0.15, 0.2) is 59.7 Å². The van der Waals surface area contributed by atoms with Crippen molar-refractivity contribution in [2.24, 2.45) is 0 Å². The molecule has 98 valence electrons. The number of hydrogen-bond acceptors (Lipinski definition) is 3. The van der Waals surface area contributed by atoms with E-state index >= 15 is 0 Å². The Morgan fingerprint density at radius 2 is 1.65 bits per heavy atom. The van der Waals surface area contributed by atoms with E-state index in [1.807, 2.05) is 24.3 Å². The number of pyridine rings is 1. The molecular weight excluding hydrogens is 274 g/mol. The van der Waals surface area contributed by atoms with Crippen molar-refractivity contribution in [2.75, 3.05) is 0 Å². The smallest absolute Gasteiger partial charge is 0.264 e. The summed E-state index contributed by atoms with van der Waals surface area (Å²) in [4.78, 5) is 15.5. The van der Waals surface area contributed by atoms with E-state index in [2.05, 4.69) is 15.2 Å². The normalized spacial score (nSPS) is 10.4. The SMILES string of the molecule is O=c1cc(-c2ccncc2)c(-c2ccc(Cl)cc2)n[nH]1. The minimum absolute atomic E-state index is 0.241. The van der Waals surface area contributed by atoms with Crippen LogP contribution in [0.2, 0.25) is 5.02 Å². The van der Waals surface area contributed by atoms with Gasteiger partial charge in [0.05, 0.1) is 5.69 Å². The fourth-order valence-corrected chi connectivity index (χ4v) is 2.11. The predicted molar refractivity (Wildman–Crippen MR) is 78.5 cm³/mol. The van der Waals surface area contributed by atoms with Crippen molar-refractivity contribution >= 4 is 11.6 Å². The summed E-state index contributed by atoms with van der Waals surface area (Å²) >= 11 is 5.89. The summed E-state index contributed by atoms with van der Waals surface area (Å²) in [6, 6.07) is 12.5. The zero-order valence-electron chi connectivity index (χ0n) is 10.4. The molecule has 0 aliphatic heterocycles. The molecule has 20 heavy (non-hydrogen) atoms. The van der Waals surface area contributed by atoms with E-state index in [9.17, 15) is 4.79 Å². The fourth-order valence-electron chi connectivity index (χ4n) is 1.98. The molecule has 5 heteroatoms. The summed E-state index contributed by atoms with van der Waals surface area (Å²) in [5.74, 6) is 0. The Labute approximate surface area is 120 Å². The van der Waals surface area contributed by atoms with Crippen LogP contribution in [0, 0.1) is 0 Å². The number of nitrogens with one attached hydrogen (secondary N) is 1. The lowest BCUT2D eigenvalue weighted by Crippen LogP contribution is -2.08. The first-order valence-corrected chi connectivity index (χ1v) is 6.38. The van der Waals surface area contributed by atoms with Crippen molar-refractivity contribution in [3.8, 4) is 22.4 Å². The van der Waals surface area contributed by atoms with E-state index in [0.717, 1.165) is 16.7 Å². The largest absolute Gasteiger partial charge is 0.268 e. The van der Waals surface area contributed by atoms with E-state index in [-0.39, 0.29) is 5.56 Å². The van der Waals surface area contributed by atoms with Gasteiger partial charge >= 0.3 is 0 Å². The first-order chi connectivity index (χ1) is 9.74. The first-order valence-electron chi connectivity index (χ1n) is 6.00. The highest BCUT2D eigenvalue weighted by Gasteiger charge is 2.10. The highest BCUT2D eigenvalue weighted by atomic mass is 35.5. The molecule has 4 nitrogen and oxygen atoms in total. The Morgan fingerprint density at radius 3 is 2.35 bits per heavy atom. The Hall–Kier alpha value is -2.46. The molecule has 0 spiro atoms. The predicted octanol–water partition coefficient (Wildman–Crippen LogP) is 3.15. The average Bonchev–Trinajstić information content (AvgIpc) is 2.49. The van der Waals surface area contributed by atoms with Crippen LogP contribution in [0.1, 0.15) is 0 Å². The molecule has 0 unspecified atom stereocenters. The van der Waals surface area contributed by atoms with Crippen LogP contribution in [-0.4, -0.2) is 15.2 Å². The van der Waals surface area contributed by atoms with E-state index in [1.165, 1.54) is 6.07 Å². The number of H-pyrrole nitrogens is 1. The van der Waals surface area contributed by atoms with Gasteiger partial charge in [-0.25, -0.2) is 5.10 Å². The van der Waals surface area contributed by atoms with Gasteiger partial charge in [-0.05, 0) is 29.8 Å². The summed E-state index contributed by atoms with van der Waals surface area (Å²) in [5, 5.41) is 7.28. The average molecular weight is 284 g/mol. The summed E-state index contributed by atoms with van der Waals surface area (Å²) in [7, 11) is 0. The maximum atomic E-state index is 11.5. The van der Waals surface area contributed by atoms with E-state index in [0.29, 0.717) is 10.7 Å². The molecule has 0 aliphatic rings. The van der Waals surface area contributed by atoms with Gasteiger partial charge in [-0.15, -0.1) is 0 Å². The molecule has 2 heterocycles. The van der Waals surface area contributed by atoms with E-state index in [4.69, 9.17) is 11.6 Å². The molecule has 0 aliphatic carbocycles. The van der Waals surface area contributed by atoms with Crippen molar-refractivity contribution in [3.63, 3.8) is 0 Å². The third-order valence-electron chi connectivity index (χ3n) is 2.92. The second-order valence-electron chi connectivity index (χ2n) is 4.24. The van der Waals surface area contributed by atoms with Crippen LogP contribution in [0.25, 0.3) is 22.4 Å². The van der Waals surface area contributed by atoms with Crippen molar-refractivity contribution in [1.29, 1.82) is 0 Å². The maximum absolute atomic E-state index is 11.5. The minimum atomic E-state index is -0.241. The molecule has 0 fully saturated rings. The molecule has 0 bridgehead atoms. The molecule has 0 atom stereocenters. The second-order valence-corrected chi connectivity index (χ2v) is 4.67. The summed E-state index contributed by atoms with van der Waals surface area (Å²) in [6.45, 7) is 0. The topological polar surface area (TPSA) is 58.6 Å². The Balaban J connectivity index is 2.21. The number of hydrogen-bond donors (Lipinski definition) is 1. The summed E-state index contributed by atoms with van der Waals surface area (Å²) < 4.78 is 0. The van der Waals surface area contributed by atoms with Gasteiger partial charge in [-0.1, -0.05) is 23.7 Å². The molecule has 0 amide bonds. The molecule has 0 saturated heterocycles. The van der Waals surface area contributed by atoms with Gasteiger partial charge in [0.15, 0.2) is 0 Å². The first kappa shape index (κ1) is 12.6. The van der Waals surface area contributed by atoms with Crippen molar-refractivity contribution in [2.45, 2.75) is 0 Å². The van der Waals surface area contributed by atoms with Crippen LogP contribution >= 0.6 is 11.6 Å². The molecule has 0 saturated carbocycles. The summed E-state index contributed by atoms with van der Waals surface area (Å²) in [5.41, 5.74) is 3.00. The molecule has 2 aromatic heterocycles. The van der Waals surface area contributed by atoms with Gasteiger partial charge < -0.3 is 0 Å². The second kappa shape index (κ2) is 5.27. The quantitative estimate of drug-likeness (QED) is 0.786. The van der Waals surface area contributed by atoms with Crippen molar-refractivity contribution in [3.05, 3.63) is 70.2 Å². The third-order valence-corrected chi connectivity index (χ3v) is 3.17. The van der Waals surface area contributed by atoms with Gasteiger partial charge in [0.2, 0.25) is 0 Å². The Kier molecular flexibility index (Phi) is 3.31.